The molecule has 0 spiro atoms. The molecule has 1 aromatic carbocycles. The van der Waals surface area contributed by atoms with Crippen LogP contribution >= 0.6 is 11.6 Å². The molecule has 0 bridgehead atoms. The fraction of sp³-hybridized carbons (Fsp3) is 0.533. The molecule has 2 unspecified atom stereocenters. The van der Waals surface area contributed by atoms with E-state index in [0.29, 0.717) is 28.1 Å². The van der Waals surface area contributed by atoms with Crippen LogP contribution in [-0.2, 0) is 4.74 Å². The molecule has 2 rings (SSSR count). The van der Waals surface area contributed by atoms with Gasteiger partial charge in [0.1, 0.15) is 6.10 Å². The van der Waals surface area contributed by atoms with Gasteiger partial charge in [-0.15, -0.1) is 0 Å². The number of nitrogen functional groups attached to an aromatic ring is 1. The quantitative estimate of drug-likeness (QED) is 0.661. The number of carbonyl (C=O) groups excluding carboxylic acids is 1. The summed E-state index contributed by atoms with van der Waals surface area (Å²) in [7, 11) is 0. The molecule has 0 aromatic heterocycles. The molecule has 0 heterocycles. The lowest BCUT2D eigenvalue weighted by molar-refractivity contribution is 0.00808. The van der Waals surface area contributed by atoms with Crippen LogP contribution in [0.25, 0.3) is 0 Å². The molecule has 0 aliphatic heterocycles. The summed E-state index contributed by atoms with van der Waals surface area (Å²) in [6, 6.07) is 4.86. The lowest BCUT2D eigenvalue weighted by Gasteiger charge is -2.31. The average Bonchev–Trinajstić information content (AvgIpc) is 2.26. The molecule has 2 atom stereocenters. The maximum atomic E-state index is 12.1. The van der Waals surface area contributed by atoms with E-state index in [-0.39, 0.29) is 12.1 Å². The van der Waals surface area contributed by atoms with E-state index >= 15 is 0 Å². The smallest absolute Gasteiger partial charge is 0.339 e. The van der Waals surface area contributed by atoms with E-state index in [1.807, 2.05) is 0 Å². The van der Waals surface area contributed by atoms with Crippen LogP contribution in [0.15, 0.2) is 18.2 Å². The van der Waals surface area contributed by atoms with Crippen LogP contribution in [0.4, 0.5) is 5.69 Å². The maximum Gasteiger partial charge on any atom is 0.339 e. The number of rotatable bonds is 2. The zero-order valence-electron chi connectivity index (χ0n) is 11.4. The predicted octanol–water partition coefficient (Wildman–Crippen LogP) is 3.90. The molecule has 104 valence electrons. The number of anilines is 1. The van der Waals surface area contributed by atoms with E-state index in [1.54, 1.807) is 18.2 Å². The van der Waals surface area contributed by atoms with Crippen molar-refractivity contribution in [3.8, 4) is 0 Å². The minimum absolute atomic E-state index is 0.000121. The topological polar surface area (TPSA) is 52.3 Å². The number of carbonyl (C=O) groups is 1. The number of hydrogen-bond donors (Lipinski definition) is 1. The first-order chi connectivity index (χ1) is 8.95. The van der Waals surface area contributed by atoms with Crippen molar-refractivity contribution in [2.24, 2.45) is 11.8 Å². The number of hydrogen-bond acceptors (Lipinski definition) is 3. The predicted molar refractivity (Wildman–Crippen MR) is 77.2 cm³/mol. The molecular weight excluding hydrogens is 262 g/mol. The highest BCUT2D eigenvalue weighted by Gasteiger charge is 2.27. The normalized spacial score (nSPS) is 27.0. The molecule has 1 aliphatic rings. The minimum atomic E-state index is -0.351. The third kappa shape index (κ3) is 3.63. The van der Waals surface area contributed by atoms with Gasteiger partial charge < -0.3 is 10.5 Å². The van der Waals surface area contributed by atoms with Crippen LogP contribution in [0.5, 0.6) is 0 Å². The third-order valence-electron chi connectivity index (χ3n) is 3.62. The molecule has 0 saturated heterocycles. The lowest BCUT2D eigenvalue weighted by Crippen LogP contribution is -2.28. The molecule has 1 aliphatic carbocycles. The summed E-state index contributed by atoms with van der Waals surface area (Å²) in [5.41, 5.74) is 6.55. The van der Waals surface area contributed by atoms with E-state index in [0.717, 1.165) is 12.8 Å². The molecule has 4 heteroatoms. The third-order valence-corrected chi connectivity index (χ3v) is 3.93. The van der Waals surface area contributed by atoms with Gasteiger partial charge in [-0.2, -0.15) is 0 Å². The van der Waals surface area contributed by atoms with Crippen molar-refractivity contribution in [3.05, 3.63) is 28.8 Å². The second kappa shape index (κ2) is 5.83. The van der Waals surface area contributed by atoms with Crippen molar-refractivity contribution in [1.29, 1.82) is 0 Å². The van der Waals surface area contributed by atoms with Gasteiger partial charge in [0.15, 0.2) is 0 Å². The number of nitrogens with two attached hydrogens (primary N) is 1. The van der Waals surface area contributed by atoms with Crippen LogP contribution in [-0.4, -0.2) is 12.1 Å². The van der Waals surface area contributed by atoms with Gasteiger partial charge in [0.05, 0.1) is 10.6 Å². The van der Waals surface area contributed by atoms with Crippen molar-refractivity contribution < 1.29 is 9.53 Å². The number of ether oxygens (including phenoxy) is 1. The van der Waals surface area contributed by atoms with E-state index in [2.05, 4.69) is 13.8 Å². The second-order valence-electron chi connectivity index (χ2n) is 5.68. The Labute approximate surface area is 119 Å². The Hall–Kier alpha value is -1.22. The van der Waals surface area contributed by atoms with Crippen molar-refractivity contribution >= 4 is 23.3 Å². The first-order valence-corrected chi connectivity index (χ1v) is 7.09. The summed E-state index contributed by atoms with van der Waals surface area (Å²) < 4.78 is 5.57. The monoisotopic (exact) mass is 281 g/mol. The highest BCUT2D eigenvalue weighted by molar-refractivity contribution is 6.33. The van der Waals surface area contributed by atoms with Gasteiger partial charge >= 0.3 is 5.97 Å². The minimum Gasteiger partial charge on any atom is -0.459 e. The van der Waals surface area contributed by atoms with Crippen molar-refractivity contribution in [3.63, 3.8) is 0 Å². The molecule has 0 amide bonds. The number of halogens is 1. The first-order valence-electron chi connectivity index (χ1n) is 6.71. The van der Waals surface area contributed by atoms with Gasteiger partial charge in [-0.25, -0.2) is 4.79 Å². The van der Waals surface area contributed by atoms with Gasteiger partial charge in [0.2, 0.25) is 0 Å². The van der Waals surface area contributed by atoms with Crippen LogP contribution in [0.1, 0.15) is 43.5 Å². The van der Waals surface area contributed by atoms with E-state index in [4.69, 9.17) is 22.1 Å². The standard InChI is InChI=1S/C15H20ClNO2/c1-9-5-10(2)7-12(6-9)19-15(18)13-4-3-11(17)8-14(13)16/h3-4,8-10,12H,5-7,17H2,1-2H3. The van der Waals surface area contributed by atoms with Crippen LogP contribution in [0.2, 0.25) is 5.02 Å². The molecule has 1 saturated carbocycles. The Bertz CT molecular complexity index is 465. The molecule has 2 N–H and O–H groups in total. The van der Waals surface area contributed by atoms with E-state index in [9.17, 15) is 4.79 Å². The highest BCUT2D eigenvalue weighted by atomic mass is 35.5. The lowest BCUT2D eigenvalue weighted by atomic mass is 9.82. The molecular formula is C15H20ClNO2. The molecule has 1 fully saturated rings. The summed E-state index contributed by atoms with van der Waals surface area (Å²) >= 11 is 6.02. The van der Waals surface area contributed by atoms with Crippen molar-refractivity contribution in [1.82, 2.24) is 0 Å². The zero-order chi connectivity index (χ0) is 14.0. The molecule has 3 nitrogen and oxygen atoms in total. The molecule has 19 heavy (non-hydrogen) atoms. The zero-order valence-corrected chi connectivity index (χ0v) is 12.1. The van der Waals surface area contributed by atoms with E-state index < -0.39 is 0 Å². The number of esters is 1. The van der Waals surface area contributed by atoms with Gasteiger partial charge in [-0.05, 0) is 49.3 Å². The van der Waals surface area contributed by atoms with Crippen LogP contribution in [0.3, 0.4) is 0 Å². The van der Waals surface area contributed by atoms with Crippen molar-refractivity contribution in [2.45, 2.75) is 39.2 Å². The average molecular weight is 282 g/mol. The Morgan fingerprint density at radius 1 is 1.26 bits per heavy atom. The Kier molecular flexibility index (Phi) is 4.35. The second-order valence-corrected chi connectivity index (χ2v) is 6.09. The summed E-state index contributed by atoms with van der Waals surface area (Å²) in [5, 5.41) is 0.349. The number of benzene rings is 1. The van der Waals surface area contributed by atoms with Gasteiger partial charge in [-0.3, -0.25) is 0 Å². The van der Waals surface area contributed by atoms with Crippen LogP contribution in [0, 0.1) is 11.8 Å². The first kappa shape index (κ1) is 14.2. The fourth-order valence-electron chi connectivity index (χ4n) is 2.88. The summed E-state index contributed by atoms with van der Waals surface area (Å²) in [5.74, 6) is 0.850. The maximum absolute atomic E-state index is 12.1. The summed E-state index contributed by atoms with van der Waals surface area (Å²) in [4.78, 5) is 12.1. The SMILES string of the molecule is CC1CC(C)CC(OC(=O)c2ccc(N)cc2Cl)C1. The van der Waals surface area contributed by atoms with Gasteiger partial charge in [0.25, 0.3) is 0 Å². The Morgan fingerprint density at radius 2 is 1.89 bits per heavy atom. The Balaban J connectivity index is 2.04. The largest absolute Gasteiger partial charge is 0.459 e. The summed E-state index contributed by atoms with van der Waals surface area (Å²) in [6.07, 6.45) is 3.07. The van der Waals surface area contributed by atoms with Crippen molar-refractivity contribution in [2.75, 3.05) is 5.73 Å². The molecule has 0 radical (unpaired) electrons. The Morgan fingerprint density at radius 3 is 2.47 bits per heavy atom. The molecule has 1 aromatic rings. The van der Waals surface area contributed by atoms with Gasteiger partial charge in [0, 0.05) is 5.69 Å². The fourth-order valence-corrected chi connectivity index (χ4v) is 3.15. The summed E-state index contributed by atoms with van der Waals surface area (Å²) in [6.45, 7) is 4.40. The van der Waals surface area contributed by atoms with E-state index in [1.165, 1.54) is 6.42 Å². The van der Waals surface area contributed by atoms with Crippen LogP contribution < -0.4 is 5.73 Å². The highest BCUT2D eigenvalue weighted by Crippen LogP contribution is 2.31. The van der Waals surface area contributed by atoms with Gasteiger partial charge in [-0.1, -0.05) is 25.4 Å².